The van der Waals surface area contributed by atoms with Crippen LogP contribution in [0.15, 0.2) is 0 Å². The zero-order chi connectivity index (χ0) is 16.7. The maximum atomic E-state index is 11.3. The molecule has 7 N–H and O–H groups in total. The molecule has 1 aromatic carbocycles. The molecule has 9 nitrogen and oxygen atoms in total. The topological polar surface area (TPSA) is 165 Å². The molecule has 22 heavy (non-hydrogen) atoms. The summed E-state index contributed by atoms with van der Waals surface area (Å²) in [6.07, 6.45) is -0.0796. The second-order valence-electron chi connectivity index (χ2n) is 4.30. The van der Waals surface area contributed by atoms with Crippen molar-refractivity contribution in [2.45, 2.75) is 12.8 Å². The van der Waals surface area contributed by atoms with Crippen LogP contribution in [-0.4, -0.2) is 45.8 Å². The first kappa shape index (κ1) is 18.3. The molecule has 0 atom stereocenters. The Kier molecular flexibility index (Phi) is 7.18. The molecule has 1 rings (SSSR count). The second-order valence-corrected chi connectivity index (χ2v) is 5.11. The SMILES string of the molecule is Nc1c(CCO)c([N+](=O)[O-])c(CCO)c(N)c1OSCCO. The average Bonchev–Trinajstić information content (AvgIpc) is 2.47. The van der Waals surface area contributed by atoms with Gasteiger partial charge >= 0.3 is 0 Å². The van der Waals surface area contributed by atoms with Gasteiger partial charge in [0.1, 0.15) is 0 Å². The van der Waals surface area contributed by atoms with E-state index >= 15 is 0 Å². The van der Waals surface area contributed by atoms with E-state index in [-0.39, 0.29) is 72.4 Å². The van der Waals surface area contributed by atoms with Gasteiger partial charge in [-0.15, -0.1) is 0 Å². The van der Waals surface area contributed by atoms with Crippen LogP contribution in [0, 0.1) is 10.1 Å². The molecule has 0 spiro atoms. The third-order valence-electron chi connectivity index (χ3n) is 2.93. The fourth-order valence-electron chi connectivity index (χ4n) is 2.03. The van der Waals surface area contributed by atoms with Gasteiger partial charge in [-0.3, -0.25) is 10.1 Å². The van der Waals surface area contributed by atoms with Crippen LogP contribution < -0.4 is 15.7 Å². The number of aliphatic hydroxyl groups excluding tert-OH is 3. The molecular formula is C12H19N3O6S. The lowest BCUT2D eigenvalue weighted by atomic mass is 9.98. The zero-order valence-corrected chi connectivity index (χ0v) is 12.6. The number of nitrogens with two attached hydrogens (primary N) is 2. The molecule has 0 amide bonds. The van der Waals surface area contributed by atoms with Gasteiger partial charge in [0.15, 0.2) is 5.75 Å². The zero-order valence-electron chi connectivity index (χ0n) is 11.8. The van der Waals surface area contributed by atoms with Gasteiger partial charge in [-0.25, -0.2) is 0 Å². The number of anilines is 2. The molecule has 124 valence electrons. The number of hydrogen-bond donors (Lipinski definition) is 5. The first-order chi connectivity index (χ1) is 10.5. The number of aliphatic hydroxyl groups is 3. The van der Waals surface area contributed by atoms with E-state index in [1.807, 2.05) is 0 Å². The van der Waals surface area contributed by atoms with Crippen molar-refractivity contribution in [1.82, 2.24) is 0 Å². The van der Waals surface area contributed by atoms with Crippen LogP contribution >= 0.6 is 12.0 Å². The van der Waals surface area contributed by atoms with Crippen molar-refractivity contribution in [1.29, 1.82) is 0 Å². The minimum atomic E-state index is -0.632. The average molecular weight is 333 g/mol. The van der Waals surface area contributed by atoms with Crippen molar-refractivity contribution < 1.29 is 24.4 Å². The summed E-state index contributed by atoms with van der Waals surface area (Å²) in [5.41, 5.74) is 11.7. The minimum absolute atomic E-state index is 0.0228. The van der Waals surface area contributed by atoms with Gasteiger partial charge in [-0.1, -0.05) is 0 Å². The quantitative estimate of drug-likeness (QED) is 0.136. The standard InChI is InChI=1S/C12H19N3O6S/c13-9-7(1-3-16)11(15(19)20)8(2-4-17)10(14)12(9)21-22-6-5-18/h16-18H,1-6,13-14H2. The minimum Gasteiger partial charge on any atom is -0.421 e. The molecular weight excluding hydrogens is 314 g/mol. The number of benzene rings is 1. The van der Waals surface area contributed by atoms with Crippen LogP contribution in [0.5, 0.6) is 5.75 Å². The van der Waals surface area contributed by atoms with Crippen LogP contribution in [0.3, 0.4) is 0 Å². The van der Waals surface area contributed by atoms with Gasteiger partial charge < -0.3 is 31.0 Å². The lowest BCUT2D eigenvalue weighted by Gasteiger charge is -2.17. The van der Waals surface area contributed by atoms with Crippen molar-refractivity contribution in [2.75, 3.05) is 37.0 Å². The molecule has 0 saturated carbocycles. The number of rotatable bonds is 9. The summed E-state index contributed by atoms with van der Waals surface area (Å²) in [5, 5.41) is 38.3. The molecule has 0 aliphatic heterocycles. The van der Waals surface area contributed by atoms with Crippen molar-refractivity contribution in [3.8, 4) is 5.75 Å². The van der Waals surface area contributed by atoms with Gasteiger partial charge in [-0.2, -0.15) is 0 Å². The van der Waals surface area contributed by atoms with Crippen LogP contribution in [0.25, 0.3) is 0 Å². The molecule has 0 aliphatic rings. The number of hydrogen-bond acceptors (Lipinski definition) is 9. The van der Waals surface area contributed by atoms with Crippen molar-refractivity contribution in [3.63, 3.8) is 0 Å². The predicted molar refractivity (Wildman–Crippen MR) is 83.7 cm³/mol. The molecule has 1 aromatic rings. The monoisotopic (exact) mass is 333 g/mol. The Labute approximate surface area is 131 Å². The van der Waals surface area contributed by atoms with E-state index < -0.39 is 4.92 Å². The van der Waals surface area contributed by atoms with Crippen molar-refractivity contribution in [3.05, 3.63) is 21.2 Å². The molecule has 0 bridgehead atoms. The fourth-order valence-corrected chi connectivity index (χ4v) is 2.49. The predicted octanol–water partition coefficient (Wildman–Crippen LogP) is -0.152. The van der Waals surface area contributed by atoms with E-state index in [1.54, 1.807) is 0 Å². The largest absolute Gasteiger partial charge is 0.421 e. The highest BCUT2D eigenvalue weighted by Gasteiger charge is 2.29. The Morgan fingerprint density at radius 3 is 1.91 bits per heavy atom. The van der Waals surface area contributed by atoms with Crippen LogP contribution in [0.4, 0.5) is 17.1 Å². The highest BCUT2D eigenvalue weighted by atomic mass is 32.2. The molecule has 0 heterocycles. The van der Waals surface area contributed by atoms with Crippen LogP contribution in [0.1, 0.15) is 11.1 Å². The summed E-state index contributed by atoms with van der Waals surface area (Å²) in [4.78, 5) is 10.7. The first-order valence-corrected chi connectivity index (χ1v) is 7.39. The molecule has 0 aliphatic carbocycles. The van der Waals surface area contributed by atoms with E-state index in [1.165, 1.54) is 0 Å². The third kappa shape index (κ3) is 3.91. The number of nitrogens with zero attached hydrogens (tertiary/aromatic N) is 1. The molecule has 0 unspecified atom stereocenters. The molecule has 0 aromatic heterocycles. The lowest BCUT2D eigenvalue weighted by Crippen LogP contribution is -2.12. The Morgan fingerprint density at radius 2 is 1.55 bits per heavy atom. The third-order valence-corrected chi connectivity index (χ3v) is 3.57. The Balaban J connectivity index is 3.48. The summed E-state index contributed by atoms with van der Waals surface area (Å²) in [5.74, 6) is 0.316. The maximum Gasteiger partial charge on any atom is 0.280 e. The summed E-state index contributed by atoms with van der Waals surface area (Å²) in [6, 6.07) is 0. The Hall–Kier alpha value is -1.75. The second kappa shape index (κ2) is 8.63. The van der Waals surface area contributed by atoms with E-state index in [9.17, 15) is 10.1 Å². The first-order valence-electron chi connectivity index (χ1n) is 6.48. The maximum absolute atomic E-state index is 11.3. The van der Waals surface area contributed by atoms with Crippen LogP contribution in [-0.2, 0) is 12.8 Å². The summed E-state index contributed by atoms with van der Waals surface area (Å²) in [6.45, 7) is -0.794. The smallest absolute Gasteiger partial charge is 0.280 e. The van der Waals surface area contributed by atoms with Crippen molar-refractivity contribution >= 4 is 29.1 Å². The molecule has 0 radical (unpaired) electrons. The van der Waals surface area contributed by atoms with Gasteiger partial charge in [0.25, 0.3) is 5.69 Å². The summed E-state index contributed by atoms with van der Waals surface area (Å²) < 4.78 is 5.34. The van der Waals surface area contributed by atoms with Gasteiger partial charge in [0, 0.05) is 26.1 Å². The summed E-state index contributed by atoms with van der Waals surface area (Å²) in [7, 11) is 0. The molecule has 10 heteroatoms. The van der Waals surface area contributed by atoms with Gasteiger partial charge in [0.2, 0.25) is 0 Å². The van der Waals surface area contributed by atoms with Crippen LogP contribution in [0.2, 0.25) is 0 Å². The Morgan fingerprint density at radius 1 is 1.05 bits per heavy atom. The normalized spacial score (nSPS) is 10.7. The molecule has 0 fully saturated rings. The summed E-state index contributed by atoms with van der Waals surface area (Å²) >= 11 is 0.898. The van der Waals surface area contributed by atoms with Gasteiger partial charge in [0.05, 0.1) is 51.8 Å². The number of nitro benzene ring substituents is 1. The lowest BCUT2D eigenvalue weighted by molar-refractivity contribution is -0.386. The van der Waals surface area contributed by atoms with E-state index in [0.29, 0.717) is 0 Å². The fraction of sp³-hybridized carbons (Fsp3) is 0.500. The highest BCUT2D eigenvalue weighted by Crippen LogP contribution is 2.44. The number of nitrogen functional groups attached to an aromatic ring is 2. The number of nitro groups is 1. The Bertz CT molecular complexity index is 507. The molecule has 0 saturated heterocycles. The van der Waals surface area contributed by atoms with E-state index in [4.69, 9.17) is 31.0 Å². The van der Waals surface area contributed by atoms with E-state index in [0.717, 1.165) is 12.0 Å². The van der Waals surface area contributed by atoms with Crippen molar-refractivity contribution in [2.24, 2.45) is 0 Å². The van der Waals surface area contributed by atoms with Gasteiger partial charge in [-0.05, 0) is 0 Å². The van der Waals surface area contributed by atoms with E-state index in [2.05, 4.69) is 0 Å². The highest BCUT2D eigenvalue weighted by molar-refractivity contribution is 7.95.